The minimum absolute atomic E-state index is 0.00385. The molecular formula is C26H34N4O8. The monoisotopic (exact) mass is 530 g/mol. The summed E-state index contributed by atoms with van der Waals surface area (Å²) in [6, 6.07) is 5.87. The zero-order valence-corrected chi connectivity index (χ0v) is 22.2. The number of nitrogens with one attached hydrogen (secondary N) is 3. The Balaban J connectivity index is 1.71. The lowest BCUT2D eigenvalue weighted by Gasteiger charge is -2.25. The number of amides is 3. The average Bonchev–Trinajstić information content (AvgIpc) is 3.49. The molecule has 3 N–H and O–H groups in total. The van der Waals surface area contributed by atoms with Gasteiger partial charge in [0.05, 0.1) is 25.9 Å². The number of epoxide rings is 1. The normalized spacial score (nSPS) is 18.7. The topological polar surface area (TPSA) is 161 Å². The van der Waals surface area contributed by atoms with Crippen molar-refractivity contribution < 1.29 is 37.9 Å². The maximum atomic E-state index is 13.3. The van der Waals surface area contributed by atoms with Crippen molar-refractivity contribution >= 4 is 23.5 Å². The highest BCUT2D eigenvalue weighted by Crippen LogP contribution is 2.29. The van der Waals surface area contributed by atoms with Crippen molar-refractivity contribution in [1.82, 2.24) is 21.1 Å². The van der Waals surface area contributed by atoms with Crippen molar-refractivity contribution in [2.45, 2.75) is 50.9 Å². The van der Waals surface area contributed by atoms with E-state index in [1.807, 2.05) is 31.2 Å². The largest absolute Gasteiger partial charge is 0.382 e. The predicted molar refractivity (Wildman–Crippen MR) is 134 cm³/mol. The fourth-order valence-electron chi connectivity index (χ4n) is 3.74. The highest BCUT2D eigenvalue weighted by atomic mass is 16.6. The van der Waals surface area contributed by atoms with Crippen molar-refractivity contribution in [3.8, 4) is 0 Å². The molecule has 2 aromatic rings. The third-order valence-corrected chi connectivity index (χ3v) is 6.07. The Hall–Kier alpha value is -3.61. The van der Waals surface area contributed by atoms with Crippen LogP contribution in [0.25, 0.3) is 0 Å². The SMILES string of the molecule is COCC(NC(=O)c1cc(C)on1)C(=O)NC(COC)C(=O)NC(Cc1ccc(C)cc1)C(=O)[C@@]1(C)CO1. The number of rotatable bonds is 14. The van der Waals surface area contributed by atoms with Crippen LogP contribution in [0.15, 0.2) is 34.9 Å². The zero-order chi connectivity index (χ0) is 27.9. The number of methoxy groups -OCH3 is 2. The number of aryl methyl sites for hydroxylation is 2. The van der Waals surface area contributed by atoms with Crippen LogP contribution in [0.5, 0.6) is 0 Å². The van der Waals surface area contributed by atoms with Gasteiger partial charge in [-0.05, 0) is 32.8 Å². The standard InChI is InChI=1S/C26H34N4O8/c1-15-6-8-17(9-7-15)11-18(22(31)26(3)14-37-26)27-24(33)20(12-35-4)29-25(34)21(13-36-5)28-23(32)19-10-16(2)38-30-19/h6-10,18,20-21H,11-14H2,1-5H3,(H,27,33)(H,28,32)(H,29,34)/t18?,20?,21?,26-/m1/s1. The number of Topliss-reactive ketones (excluding diaryl/α,β-unsaturated/α-hetero) is 1. The molecule has 1 aromatic carbocycles. The molecule has 3 amide bonds. The van der Waals surface area contributed by atoms with E-state index in [1.54, 1.807) is 13.8 Å². The lowest BCUT2D eigenvalue weighted by Crippen LogP contribution is -2.59. The third kappa shape index (κ3) is 7.70. The molecule has 0 aliphatic carbocycles. The third-order valence-electron chi connectivity index (χ3n) is 6.07. The highest BCUT2D eigenvalue weighted by molar-refractivity contribution is 5.99. The molecule has 12 heteroatoms. The van der Waals surface area contributed by atoms with Crippen LogP contribution in [-0.2, 0) is 35.0 Å². The number of benzene rings is 1. The molecule has 1 saturated heterocycles. The minimum atomic E-state index is -1.15. The van der Waals surface area contributed by atoms with Gasteiger partial charge in [0.2, 0.25) is 11.8 Å². The van der Waals surface area contributed by atoms with E-state index in [0.29, 0.717) is 5.76 Å². The van der Waals surface area contributed by atoms with Crippen molar-refractivity contribution in [2.75, 3.05) is 34.0 Å². The maximum absolute atomic E-state index is 13.3. The van der Waals surface area contributed by atoms with Crippen LogP contribution in [-0.4, -0.2) is 86.4 Å². The summed E-state index contributed by atoms with van der Waals surface area (Å²) < 4.78 is 20.4. The van der Waals surface area contributed by atoms with Gasteiger partial charge in [-0.3, -0.25) is 19.2 Å². The van der Waals surface area contributed by atoms with Crippen LogP contribution >= 0.6 is 0 Å². The number of carbonyl (C=O) groups is 4. The predicted octanol–water partition coefficient (Wildman–Crippen LogP) is 0.253. The molecule has 0 saturated carbocycles. The van der Waals surface area contributed by atoms with Gasteiger partial charge in [0.15, 0.2) is 11.5 Å². The fourth-order valence-corrected chi connectivity index (χ4v) is 3.74. The molecule has 1 aliphatic heterocycles. The second kappa shape index (κ2) is 12.8. The van der Waals surface area contributed by atoms with Gasteiger partial charge in [-0.25, -0.2) is 0 Å². The van der Waals surface area contributed by atoms with E-state index in [1.165, 1.54) is 20.3 Å². The number of carbonyl (C=O) groups excluding carboxylic acids is 4. The summed E-state index contributed by atoms with van der Waals surface area (Å²) in [6.45, 7) is 5.19. The number of hydrogen-bond acceptors (Lipinski definition) is 9. The van der Waals surface area contributed by atoms with Crippen LogP contribution in [0.1, 0.15) is 34.3 Å². The molecule has 0 spiro atoms. The highest BCUT2D eigenvalue weighted by Gasteiger charge is 2.50. The molecule has 1 fully saturated rings. The molecule has 2 heterocycles. The number of nitrogens with zero attached hydrogens (tertiary/aromatic N) is 1. The van der Waals surface area contributed by atoms with Gasteiger partial charge in [-0.1, -0.05) is 35.0 Å². The average molecular weight is 531 g/mol. The van der Waals surface area contributed by atoms with Crippen LogP contribution in [0.4, 0.5) is 0 Å². The summed E-state index contributed by atoms with van der Waals surface area (Å²) in [7, 11) is 2.75. The van der Waals surface area contributed by atoms with Crippen molar-refractivity contribution in [3.05, 3.63) is 52.9 Å². The first-order chi connectivity index (χ1) is 18.1. The van der Waals surface area contributed by atoms with E-state index in [9.17, 15) is 19.2 Å². The molecule has 12 nitrogen and oxygen atoms in total. The van der Waals surface area contributed by atoms with E-state index in [0.717, 1.165) is 11.1 Å². The summed E-state index contributed by atoms with van der Waals surface area (Å²) in [5.74, 6) is -1.78. The zero-order valence-electron chi connectivity index (χ0n) is 22.2. The maximum Gasteiger partial charge on any atom is 0.274 e. The smallest absolute Gasteiger partial charge is 0.274 e. The van der Waals surface area contributed by atoms with E-state index in [-0.39, 0.29) is 37.7 Å². The Morgan fingerprint density at radius 3 is 2.00 bits per heavy atom. The lowest BCUT2D eigenvalue weighted by atomic mass is 9.94. The van der Waals surface area contributed by atoms with Gasteiger partial charge in [0.25, 0.3) is 5.91 Å². The Morgan fingerprint density at radius 1 is 0.947 bits per heavy atom. The van der Waals surface area contributed by atoms with Gasteiger partial charge >= 0.3 is 0 Å². The molecule has 38 heavy (non-hydrogen) atoms. The minimum Gasteiger partial charge on any atom is -0.382 e. The summed E-state index contributed by atoms with van der Waals surface area (Å²) in [5.41, 5.74) is 0.959. The molecule has 0 bridgehead atoms. The van der Waals surface area contributed by atoms with Crippen LogP contribution < -0.4 is 16.0 Å². The molecule has 1 aromatic heterocycles. The Morgan fingerprint density at radius 2 is 1.50 bits per heavy atom. The van der Waals surface area contributed by atoms with Gasteiger partial charge < -0.3 is 34.7 Å². The van der Waals surface area contributed by atoms with Crippen molar-refractivity contribution in [2.24, 2.45) is 0 Å². The Kier molecular flexibility index (Phi) is 9.72. The molecular weight excluding hydrogens is 496 g/mol. The van der Waals surface area contributed by atoms with Crippen molar-refractivity contribution in [3.63, 3.8) is 0 Å². The van der Waals surface area contributed by atoms with Gasteiger partial charge in [-0.2, -0.15) is 0 Å². The van der Waals surface area contributed by atoms with Crippen LogP contribution in [0, 0.1) is 13.8 Å². The molecule has 3 unspecified atom stereocenters. The molecule has 3 rings (SSSR count). The molecule has 206 valence electrons. The summed E-state index contributed by atoms with van der Waals surface area (Å²) in [5, 5.41) is 11.5. The van der Waals surface area contributed by atoms with E-state index in [2.05, 4.69) is 21.1 Å². The Bertz CT molecular complexity index is 1140. The molecule has 4 atom stereocenters. The van der Waals surface area contributed by atoms with Gasteiger partial charge in [0, 0.05) is 20.3 Å². The van der Waals surface area contributed by atoms with Gasteiger partial charge in [0.1, 0.15) is 23.4 Å². The summed E-state index contributed by atoms with van der Waals surface area (Å²) >= 11 is 0. The molecule has 1 aliphatic rings. The first-order valence-electron chi connectivity index (χ1n) is 12.1. The second-order valence-corrected chi connectivity index (χ2v) is 9.46. The fraction of sp³-hybridized carbons (Fsp3) is 0.500. The van der Waals surface area contributed by atoms with Crippen LogP contribution in [0.2, 0.25) is 0 Å². The first kappa shape index (κ1) is 29.0. The number of aromatic nitrogens is 1. The second-order valence-electron chi connectivity index (χ2n) is 9.46. The first-order valence-corrected chi connectivity index (χ1v) is 12.1. The summed E-state index contributed by atoms with van der Waals surface area (Å²) in [4.78, 5) is 51.9. The molecule has 0 radical (unpaired) electrons. The number of hydrogen-bond donors (Lipinski definition) is 3. The van der Waals surface area contributed by atoms with Gasteiger partial charge in [-0.15, -0.1) is 0 Å². The van der Waals surface area contributed by atoms with Crippen LogP contribution in [0.3, 0.4) is 0 Å². The number of ketones is 1. The quantitative estimate of drug-likeness (QED) is 0.291. The van der Waals surface area contributed by atoms with E-state index in [4.69, 9.17) is 18.7 Å². The summed E-state index contributed by atoms with van der Waals surface area (Å²) in [6.07, 6.45) is 0.247. The lowest BCUT2D eigenvalue weighted by molar-refractivity contribution is -0.134. The number of ether oxygens (including phenoxy) is 3. The van der Waals surface area contributed by atoms with E-state index < -0.39 is 41.4 Å². The Labute approximate surface area is 220 Å². The van der Waals surface area contributed by atoms with E-state index >= 15 is 0 Å². The van der Waals surface area contributed by atoms with Crippen molar-refractivity contribution in [1.29, 1.82) is 0 Å².